The summed E-state index contributed by atoms with van der Waals surface area (Å²) in [6.45, 7) is 11.3. The van der Waals surface area contributed by atoms with Gasteiger partial charge >= 0.3 is 5.97 Å². The Bertz CT molecular complexity index is 1370. The van der Waals surface area contributed by atoms with Crippen molar-refractivity contribution in [1.29, 1.82) is 0 Å². The van der Waals surface area contributed by atoms with Crippen LogP contribution in [0.25, 0.3) is 10.9 Å². The Labute approximate surface area is 255 Å². The molecule has 1 fully saturated rings. The molecule has 1 saturated heterocycles. The van der Waals surface area contributed by atoms with E-state index in [0.29, 0.717) is 45.2 Å². The SMILES string of the molecule is CC(C)S(=O)(=O)N1CCCC(C(=O)NC(C(=O)N[C@@H](CCCCN)C(=O)OC(C)(C)C)[C@@H](C)c2c[nH]c3ccccc23)C1. The van der Waals surface area contributed by atoms with Crippen molar-refractivity contribution < 1.29 is 27.5 Å². The van der Waals surface area contributed by atoms with Gasteiger partial charge in [0.05, 0.1) is 11.2 Å². The van der Waals surface area contributed by atoms with E-state index in [4.69, 9.17) is 10.5 Å². The second kappa shape index (κ2) is 14.7. The van der Waals surface area contributed by atoms with Crippen molar-refractivity contribution in [1.82, 2.24) is 19.9 Å². The molecule has 12 heteroatoms. The minimum absolute atomic E-state index is 0.0573. The molecule has 2 heterocycles. The maximum Gasteiger partial charge on any atom is 0.329 e. The number of benzene rings is 1. The van der Waals surface area contributed by atoms with Gasteiger partial charge in [0.2, 0.25) is 21.8 Å². The first-order valence-electron chi connectivity index (χ1n) is 15.2. The van der Waals surface area contributed by atoms with Crippen molar-refractivity contribution in [2.45, 2.75) is 102 Å². The predicted molar refractivity (Wildman–Crippen MR) is 168 cm³/mol. The van der Waals surface area contributed by atoms with Crippen LogP contribution in [0.2, 0.25) is 0 Å². The number of carbonyl (C=O) groups is 3. The van der Waals surface area contributed by atoms with Crippen LogP contribution in [0.3, 0.4) is 0 Å². The third-order valence-electron chi connectivity index (χ3n) is 7.86. The average molecular weight is 620 g/mol. The van der Waals surface area contributed by atoms with Gasteiger partial charge in [0.1, 0.15) is 17.7 Å². The average Bonchev–Trinajstić information content (AvgIpc) is 3.38. The Hall–Kier alpha value is -2.96. The van der Waals surface area contributed by atoms with Crippen LogP contribution in [0.5, 0.6) is 0 Å². The lowest BCUT2D eigenvalue weighted by Gasteiger charge is -2.34. The van der Waals surface area contributed by atoms with Gasteiger partial charge in [-0.1, -0.05) is 25.1 Å². The van der Waals surface area contributed by atoms with E-state index in [1.54, 1.807) is 34.6 Å². The van der Waals surface area contributed by atoms with Crippen molar-refractivity contribution in [3.8, 4) is 0 Å². The number of amides is 2. The molecule has 2 aromatic rings. The smallest absolute Gasteiger partial charge is 0.329 e. The Balaban J connectivity index is 1.90. The Kier molecular flexibility index (Phi) is 11.8. The monoisotopic (exact) mass is 619 g/mol. The van der Waals surface area contributed by atoms with Gasteiger partial charge in [0.25, 0.3) is 0 Å². The molecular weight excluding hydrogens is 570 g/mol. The number of hydrogen-bond donors (Lipinski definition) is 4. The Morgan fingerprint density at radius 3 is 2.47 bits per heavy atom. The fourth-order valence-corrected chi connectivity index (χ4v) is 6.77. The lowest BCUT2D eigenvalue weighted by atomic mass is 9.90. The first-order valence-corrected chi connectivity index (χ1v) is 16.7. The van der Waals surface area contributed by atoms with Crippen molar-refractivity contribution >= 4 is 38.7 Å². The highest BCUT2D eigenvalue weighted by Crippen LogP contribution is 2.29. The Morgan fingerprint density at radius 2 is 1.81 bits per heavy atom. The van der Waals surface area contributed by atoms with Gasteiger partial charge in [0, 0.05) is 36.1 Å². The number of piperidine rings is 1. The van der Waals surface area contributed by atoms with Crippen LogP contribution in [-0.4, -0.2) is 78.1 Å². The highest BCUT2D eigenvalue weighted by Gasteiger charge is 2.38. The van der Waals surface area contributed by atoms with Crippen molar-refractivity contribution in [3.63, 3.8) is 0 Å². The number of carbonyl (C=O) groups excluding carboxylic acids is 3. The van der Waals surface area contributed by atoms with Crippen molar-refractivity contribution in [3.05, 3.63) is 36.0 Å². The molecule has 0 aliphatic carbocycles. The Morgan fingerprint density at radius 1 is 1.12 bits per heavy atom. The van der Waals surface area contributed by atoms with Crippen LogP contribution < -0.4 is 16.4 Å². The molecule has 4 atom stereocenters. The lowest BCUT2D eigenvalue weighted by Crippen LogP contribution is -2.56. The highest BCUT2D eigenvalue weighted by atomic mass is 32.2. The molecule has 0 spiro atoms. The molecule has 5 N–H and O–H groups in total. The van der Waals surface area contributed by atoms with Gasteiger partial charge in [-0.15, -0.1) is 0 Å². The summed E-state index contributed by atoms with van der Waals surface area (Å²) in [4.78, 5) is 44.0. The summed E-state index contributed by atoms with van der Waals surface area (Å²) in [5.74, 6) is -2.56. The number of unbranched alkanes of at least 4 members (excludes halogenated alkanes) is 1. The van der Waals surface area contributed by atoms with E-state index in [1.165, 1.54) is 4.31 Å². The van der Waals surface area contributed by atoms with Crippen LogP contribution >= 0.6 is 0 Å². The van der Waals surface area contributed by atoms with E-state index >= 15 is 0 Å². The summed E-state index contributed by atoms with van der Waals surface area (Å²) in [6.07, 6.45) is 4.50. The minimum Gasteiger partial charge on any atom is -0.458 e. The number of hydrogen-bond acceptors (Lipinski definition) is 7. The molecule has 1 aliphatic rings. The number of aromatic amines is 1. The number of esters is 1. The van der Waals surface area contributed by atoms with Crippen LogP contribution in [0.4, 0.5) is 0 Å². The van der Waals surface area contributed by atoms with Gasteiger partial charge in [-0.05, 0) is 84.9 Å². The van der Waals surface area contributed by atoms with Gasteiger partial charge in [-0.3, -0.25) is 9.59 Å². The molecule has 1 aliphatic heterocycles. The van der Waals surface area contributed by atoms with E-state index in [-0.39, 0.29) is 6.54 Å². The molecule has 0 radical (unpaired) electrons. The van der Waals surface area contributed by atoms with Crippen molar-refractivity contribution in [2.24, 2.45) is 11.7 Å². The fourth-order valence-electron chi connectivity index (χ4n) is 5.40. The normalized spacial score (nSPS) is 18.7. The number of nitrogens with two attached hydrogens (primary N) is 1. The molecule has 11 nitrogen and oxygen atoms in total. The molecular formula is C31H49N5O6S. The first kappa shape index (κ1) is 34.5. The molecule has 240 valence electrons. The zero-order valence-corrected chi connectivity index (χ0v) is 27.1. The number of fused-ring (bicyclic) bond motifs is 1. The summed E-state index contributed by atoms with van der Waals surface area (Å²) in [5.41, 5.74) is 6.64. The summed E-state index contributed by atoms with van der Waals surface area (Å²) in [7, 11) is -3.53. The van der Waals surface area contributed by atoms with E-state index < -0.39 is 62.6 Å². The van der Waals surface area contributed by atoms with Gasteiger partial charge in [-0.25, -0.2) is 17.5 Å². The first-order chi connectivity index (χ1) is 20.2. The van der Waals surface area contributed by atoms with E-state index in [0.717, 1.165) is 16.5 Å². The summed E-state index contributed by atoms with van der Waals surface area (Å²) in [6, 6.07) is 5.73. The minimum atomic E-state index is -3.53. The van der Waals surface area contributed by atoms with Crippen LogP contribution in [0, 0.1) is 5.92 Å². The number of H-pyrrole nitrogens is 1. The van der Waals surface area contributed by atoms with Crippen molar-refractivity contribution in [2.75, 3.05) is 19.6 Å². The van der Waals surface area contributed by atoms with E-state index in [1.807, 2.05) is 37.4 Å². The number of sulfonamides is 1. The third kappa shape index (κ3) is 9.02. The number of nitrogens with one attached hydrogen (secondary N) is 3. The topological polar surface area (TPSA) is 164 Å². The van der Waals surface area contributed by atoms with E-state index in [2.05, 4.69) is 15.6 Å². The van der Waals surface area contributed by atoms with Crippen LogP contribution in [-0.2, 0) is 29.1 Å². The number of aromatic nitrogens is 1. The maximum absolute atomic E-state index is 14.0. The lowest BCUT2D eigenvalue weighted by molar-refractivity contribution is -0.159. The molecule has 0 saturated carbocycles. The largest absolute Gasteiger partial charge is 0.458 e. The molecule has 3 rings (SSSR count). The standard InChI is InChI=1S/C31H49N5O6S/c1-20(2)43(40,41)36-17-11-12-22(19-36)28(37)35-27(21(3)24-18-33-25-14-8-7-13-23(24)25)29(38)34-26(15-9-10-16-32)30(39)42-31(4,5)6/h7-8,13-14,18,20-22,26-27,33H,9-12,15-17,19,32H2,1-6H3,(H,34,38)(H,35,37)/t21-,22?,26-,27?/m0/s1. The fraction of sp³-hybridized carbons (Fsp3) is 0.645. The van der Waals surface area contributed by atoms with Gasteiger partial charge in [-0.2, -0.15) is 0 Å². The number of para-hydroxylation sites is 1. The zero-order valence-electron chi connectivity index (χ0n) is 26.3. The third-order valence-corrected chi connectivity index (χ3v) is 10.1. The zero-order chi connectivity index (χ0) is 31.9. The molecule has 1 aromatic carbocycles. The second-order valence-corrected chi connectivity index (χ2v) is 15.2. The number of nitrogens with zero attached hydrogens (tertiary/aromatic N) is 1. The molecule has 1 aromatic heterocycles. The molecule has 2 amide bonds. The number of ether oxygens (including phenoxy) is 1. The summed E-state index contributed by atoms with van der Waals surface area (Å²) in [5, 5.41) is 6.12. The number of rotatable bonds is 13. The predicted octanol–water partition coefficient (Wildman–Crippen LogP) is 3.16. The summed E-state index contributed by atoms with van der Waals surface area (Å²) < 4.78 is 32.7. The van der Waals surface area contributed by atoms with Gasteiger partial charge < -0.3 is 26.1 Å². The molecule has 43 heavy (non-hydrogen) atoms. The van der Waals surface area contributed by atoms with Crippen LogP contribution in [0.1, 0.15) is 85.1 Å². The summed E-state index contributed by atoms with van der Waals surface area (Å²) >= 11 is 0. The second-order valence-electron chi connectivity index (χ2n) is 12.7. The van der Waals surface area contributed by atoms with Crippen LogP contribution in [0.15, 0.2) is 30.5 Å². The highest BCUT2D eigenvalue weighted by molar-refractivity contribution is 7.89. The van der Waals surface area contributed by atoms with Gasteiger partial charge in [0.15, 0.2) is 0 Å². The molecule has 0 bridgehead atoms. The van der Waals surface area contributed by atoms with E-state index in [9.17, 15) is 22.8 Å². The quantitative estimate of drug-likeness (QED) is 0.198. The molecule has 2 unspecified atom stereocenters. The maximum atomic E-state index is 14.0.